The molecule has 1 aromatic carbocycles. The van der Waals surface area contributed by atoms with Crippen molar-refractivity contribution in [2.45, 2.75) is 31.3 Å². The Balaban J connectivity index is 1.66. The molecule has 1 N–H and O–H groups in total. The maximum Gasteiger partial charge on any atom is 0.243 e. The number of nitrogens with one attached hydrogen (secondary N) is 1. The third-order valence-electron chi connectivity index (χ3n) is 4.09. The van der Waals surface area contributed by atoms with E-state index in [1.54, 1.807) is 24.4 Å². The summed E-state index contributed by atoms with van der Waals surface area (Å²) in [4.78, 5) is 15.4. The monoisotopic (exact) mass is 375 g/mol. The van der Waals surface area contributed by atoms with Crippen molar-refractivity contribution in [2.24, 2.45) is 0 Å². The van der Waals surface area contributed by atoms with Gasteiger partial charge in [0.15, 0.2) is 0 Å². The molecular formula is C18H21N3O4S. The van der Waals surface area contributed by atoms with Gasteiger partial charge in [-0.25, -0.2) is 13.4 Å². The maximum atomic E-state index is 12.8. The maximum absolute atomic E-state index is 12.8. The summed E-state index contributed by atoms with van der Waals surface area (Å²) >= 11 is 0. The Kier molecular flexibility index (Phi) is 5.24. The molecule has 0 aliphatic carbocycles. The van der Waals surface area contributed by atoms with Crippen LogP contribution in [0.5, 0.6) is 5.88 Å². The molecule has 7 nitrogen and oxygen atoms in total. The molecule has 1 atom stereocenters. The number of rotatable bonds is 5. The van der Waals surface area contributed by atoms with Gasteiger partial charge in [-0.2, -0.15) is 4.31 Å². The standard InChI is InChI=1S/C18H21N3O4S/c1-13-3-8-18(19-11-13)25-16-9-10-21(12-16)26(23,24)17-6-4-15(5-7-17)20-14(2)22/h3-8,11,16H,9-10,12H2,1-2H3,(H,20,22). The van der Waals surface area contributed by atoms with Crippen LogP contribution in [-0.2, 0) is 14.8 Å². The lowest BCUT2D eigenvalue weighted by Gasteiger charge is -2.17. The number of sulfonamides is 1. The second kappa shape index (κ2) is 7.43. The van der Waals surface area contributed by atoms with Crippen molar-refractivity contribution >= 4 is 21.6 Å². The predicted molar refractivity (Wildman–Crippen MR) is 97.5 cm³/mol. The molecular weight excluding hydrogens is 354 g/mol. The highest BCUT2D eigenvalue weighted by atomic mass is 32.2. The van der Waals surface area contributed by atoms with Gasteiger partial charge in [0.05, 0.1) is 11.4 Å². The summed E-state index contributed by atoms with van der Waals surface area (Å²) in [5, 5.41) is 2.62. The van der Waals surface area contributed by atoms with Crippen molar-refractivity contribution in [3.63, 3.8) is 0 Å². The Hall–Kier alpha value is -2.45. The number of carbonyl (C=O) groups is 1. The van der Waals surface area contributed by atoms with Crippen LogP contribution in [-0.4, -0.2) is 42.8 Å². The molecule has 1 amide bonds. The van der Waals surface area contributed by atoms with Crippen LogP contribution in [0.4, 0.5) is 5.69 Å². The summed E-state index contributed by atoms with van der Waals surface area (Å²) in [6, 6.07) is 9.84. The lowest BCUT2D eigenvalue weighted by molar-refractivity contribution is -0.114. The van der Waals surface area contributed by atoms with Crippen LogP contribution in [0.15, 0.2) is 47.5 Å². The largest absolute Gasteiger partial charge is 0.473 e. The molecule has 1 saturated heterocycles. The Labute approximate surface area is 153 Å². The highest BCUT2D eigenvalue weighted by Gasteiger charge is 2.33. The summed E-state index contributed by atoms with van der Waals surface area (Å²) in [5.74, 6) is 0.296. The smallest absolute Gasteiger partial charge is 0.243 e. The van der Waals surface area contributed by atoms with Crippen LogP contribution >= 0.6 is 0 Å². The van der Waals surface area contributed by atoms with Crippen molar-refractivity contribution in [3.8, 4) is 5.88 Å². The van der Waals surface area contributed by atoms with Crippen LogP contribution in [0.25, 0.3) is 0 Å². The van der Waals surface area contributed by atoms with Crippen LogP contribution in [0.2, 0.25) is 0 Å². The topological polar surface area (TPSA) is 88.6 Å². The first-order valence-electron chi connectivity index (χ1n) is 8.32. The first kappa shape index (κ1) is 18.3. The van der Waals surface area contributed by atoms with E-state index in [2.05, 4.69) is 10.3 Å². The molecule has 1 fully saturated rings. The number of amides is 1. The highest BCUT2D eigenvalue weighted by Crippen LogP contribution is 2.24. The van der Waals surface area contributed by atoms with Gasteiger partial charge in [0, 0.05) is 31.4 Å². The SMILES string of the molecule is CC(=O)Nc1ccc(S(=O)(=O)N2CCC(Oc3ccc(C)cn3)C2)cc1. The number of nitrogens with zero attached hydrogens (tertiary/aromatic N) is 2. The molecule has 1 aromatic heterocycles. The molecule has 8 heteroatoms. The van der Waals surface area contributed by atoms with E-state index in [9.17, 15) is 13.2 Å². The van der Waals surface area contributed by atoms with Gasteiger partial charge in [-0.05, 0) is 43.2 Å². The van der Waals surface area contributed by atoms with Crippen molar-refractivity contribution in [1.82, 2.24) is 9.29 Å². The summed E-state index contributed by atoms with van der Waals surface area (Å²) < 4.78 is 32.8. The Morgan fingerprint density at radius 1 is 1.23 bits per heavy atom. The zero-order valence-corrected chi connectivity index (χ0v) is 15.5. The van der Waals surface area contributed by atoms with Crippen molar-refractivity contribution in [2.75, 3.05) is 18.4 Å². The molecule has 26 heavy (non-hydrogen) atoms. The first-order valence-corrected chi connectivity index (χ1v) is 9.76. The van der Waals surface area contributed by atoms with Gasteiger partial charge in [0.1, 0.15) is 6.10 Å². The van der Waals surface area contributed by atoms with E-state index < -0.39 is 10.0 Å². The molecule has 3 rings (SSSR count). The van der Waals surface area contributed by atoms with Gasteiger partial charge < -0.3 is 10.1 Å². The van der Waals surface area contributed by atoms with E-state index in [0.29, 0.717) is 24.5 Å². The van der Waals surface area contributed by atoms with Gasteiger partial charge in [0.2, 0.25) is 21.8 Å². The number of hydrogen-bond acceptors (Lipinski definition) is 5. The summed E-state index contributed by atoms with van der Waals surface area (Å²) in [6.07, 6.45) is 2.10. The summed E-state index contributed by atoms with van der Waals surface area (Å²) in [6.45, 7) is 4.02. The number of benzene rings is 1. The van der Waals surface area contributed by atoms with E-state index in [1.165, 1.54) is 23.4 Å². The van der Waals surface area contributed by atoms with Crippen LogP contribution in [0.1, 0.15) is 18.9 Å². The lowest BCUT2D eigenvalue weighted by atomic mass is 10.3. The average molecular weight is 375 g/mol. The zero-order chi connectivity index (χ0) is 18.7. The van der Waals surface area contributed by atoms with Gasteiger partial charge >= 0.3 is 0 Å². The van der Waals surface area contributed by atoms with Crippen LogP contribution in [0.3, 0.4) is 0 Å². The van der Waals surface area contributed by atoms with Gasteiger partial charge in [-0.3, -0.25) is 4.79 Å². The van der Waals surface area contributed by atoms with E-state index in [4.69, 9.17) is 4.74 Å². The fourth-order valence-corrected chi connectivity index (χ4v) is 4.26. The molecule has 0 saturated carbocycles. The van der Waals surface area contributed by atoms with E-state index >= 15 is 0 Å². The summed E-state index contributed by atoms with van der Waals surface area (Å²) in [7, 11) is -3.60. The average Bonchev–Trinajstić information content (AvgIpc) is 3.06. The Morgan fingerprint density at radius 3 is 2.58 bits per heavy atom. The zero-order valence-electron chi connectivity index (χ0n) is 14.7. The number of aryl methyl sites for hydroxylation is 1. The van der Waals surface area contributed by atoms with Crippen molar-refractivity contribution < 1.29 is 17.9 Å². The normalized spacial score (nSPS) is 17.8. The Bertz CT molecular complexity index is 880. The van der Waals surface area contributed by atoms with Gasteiger partial charge in [-0.15, -0.1) is 0 Å². The minimum Gasteiger partial charge on any atom is -0.473 e. The lowest BCUT2D eigenvalue weighted by Crippen LogP contribution is -2.31. The second-order valence-electron chi connectivity index (χ2n) is 6.27. The molecule has 0 bridgehead atoms. The van der Waals surface area contributed by atoms with Crippen LogP contribution in [0, 0.1) is 6.92 Å². The minimum absolute atomic E-state index is 0.195. The molecule has 0 spiro atoms. The molecule has 2 heterocycles. The third kappa shape index (κ3) is 4.20. The molecule has 2 aromatic rings. The predicted octanol–water partition coefficient (Wildman–Crippen LogP) is 2.19. The number of aromatic nitrogens is 1. The fraction of sp³-hybridized carbons (Fsp3) is 0.333. The quantitative estimate of drug-likeness (QED) is 0.865. The minimum atomic E-state index is -3.60. The second-order valence-corrected chi connectivity index (χ2v) is 8.21. The summed E-state index contributed by atoms with van der Waals surface area (Å²) in [5.41, 5.74) is 1.60. The van der Waals surface area contributed by atoms with E-state index in [0.717, 1.165) is 5.56 Å². The van der Waals surface area contributed by atoms with Crippen molar-refractivity contribution in [1.29, 1.82) is 0 Å². The van der Waals surface area contributed by atoms with Crippen LogP contribution < -0.4 is 10.1 Å². The first-order chi connectivity index (χ1) is 12.3. The number of anilines is 1. The molecule has 138 valence electrons. The van der Waals surface area contributed by atoms with Gasteiger partial charge in [0.25, 0.3) is 0 Å². The number of hydrogen-bond donors (Lipinski definition) is 1. The van der Waals surface area contributed by atoms with E-state index in [1.807, 2.05) is 13.0 Å². The number of pyridine rings is 1. The number of carbonyl (C=O) groups excluding carboxylic acids is 1. The number of ether oxygens (including phenoxy) is 1. The molecule has 1 aliphatic rings. The fourth-order valence-electron chi connectivity index (χ4n) is 2.77. The van der Waals surface area contributed by atoms with Gasteiger partial charge in [-0.1, -0.05) is 6.07 Å². The van der Waals surface area contributed by atoms with E-state index in [-0.39, 0.29) is 23.5 Å². The molecule has 1 unspecified atom stereocenters. The Morgan fingerprint density at radius 2 is 1.96 bits per heavy atom. The highest BCUT2D eigenvalue weighted by molar-refractivity contribution is 7.89. The third-order valence-corrected chi connectivity index (χ3v) is 5.97. The molecule has 1 aliphatic heterocycles. The molecule has 0 radical (unpaired) electrons. The van der Waals surface area contributed by atoms with Crippen molar-refractivity contribution in [3.05, 3.63) is 48.2 Å².